The maximum absolute atomic E-state index is 5.84. The molecule has 0 bridgehead atoms. The lowest BCUT2D eigenvalue weighted by molar-refractivity contribution is 0.127. The van der Waals surface area contributed by atoms with Crippen molar-refractivity contribution < 1.29 is 9.47 Å². The van der Waals surface area contributed by atoms with Crippen molar-refractivity contribution >= 4 is 0 Å². The molecule has 2 heterocycles. The summed E-state index contributed by atoms with van der Waals surface area (Å²) in [7, 11) is 0. The van der Waals surface area contributed by atoms with Crippen molar-refractivity contribution in [2.24, 2.45) is 0 Å². The third-order valence-corrected chi connectivity index (χ3v) is 4.38. The van der Waals surface area contributed by atoms with Gasteiger partial charge in [-0.05, 0) is 38.5 Å². The monoisotopic (exact) mass is 166 g/mol. The van der Waals surface area contributed by atoms with Gasteiger partial charge in [0.05, 0.1) is 12.2 Å². The highest BCUT2D eigenvalue weighted by molar-refractivity contribution is 5.29. The molecule has 0 aromatic carbocycles. The summed E-state index contributed by atoms with van der Waals surface area (Å²) in [6, 6.07) is 0. The Morgan fingerprint density at radius 1 is 0.833 bits per heavy atom. The number of hydrogen-bond acceptors (Lipinski definition) is 2. The quantitative estimate of drug-likeness (QED) is 0.553. The second-order valence-corrected chi connectivity index (χ2v) is 4.78. The molecule has 2 saturated heterocycles. The summed E-state index contributed by atoms with van der Waals surface area (Å²) in [5, 5.41) is 0. The van der Waals surface area contributed by atoms with Gasteiger partial charge in [-0.25, -0.2) is 0 Å². The standard InChI is InChI=1S/C10H14O2/c1-3-7-9(5-1,11-7)10-6-2-4-8(10)12-10/h7-8H,1-6H2. The summed E-state index contributed by atoms with van der Waals surface area (Å²) in [5.41, 5.74) is 0.461. The molecule has 2 aliphatic carbocycles. The molecule has 66 valence electrons. The van der Waals surface area contributed by atoms with Gasteiger partial charge in [-0.3, -0.25) is 0 Å². The summed E-state index contributed by atoms with van der Waals surface area (Å²) in [4.78, 5) is 0. The van der Waals surface area contributed by atoms with Crippen molar-refractivity contribution in [2.45, 2.75) is 61.9 Å². The van der Waals surface area contributed by atoms with Crippen molar-refractivity contribution in [2.75, 3.05) is 0 Å². The van der Waals surface area contributed by atoms with Crippen LogP contribution in [-0.4, -0.2) is 23.4 Å². The first-order valence-electron chi connectivity index (χ1n) is 5.23. The molecule has 4 rings (SSSR count). The fourth-order valence-electron chi connectivity index (χ4n) is 3.73. The second kappa shape index (κ2) is 1.60. The smallest absolute Gasteiger partial charge is 0.126 e. The Hall–Kier alpha value is -0.0800. The van der Waals surface area contributed by atoms with Crippen molar-refractivity contribution in [3.63, 3.8) is 0 Å². The first kappa shape index (κ1) is 6.39. The molecule has 2 heteroatoms. The van der Waals surface area contributed by atoms with E-state index in [-0.39, 0.29) is 11.2 Å². The highest BCUT2D eigenvalue weighted by Crippen LogP contribution is 2.69. The molecule has 0 aromatic rings. The largest absolute Gasteiger partial charge is 0.363 e. The zero-order chi connectivity index (χ0) is 7.81. The van der Waals surface area contributed by atoms with Crippen LogP contribution >= 0.6 is 0 Å². The Kier molecular flexibility index (Phi) is 0.851. The van der Waals surface area contributed by atoms with E-state index in [1.54, 1.807) is 0 Å². The van der Waals surface area contributed by atoms with Gasteiger partial charge in [0, 0.05) is 0 Å². The van der Waals surface area contributed by atoms with E-state index < -0.39 is 0 Å². The predicted molar refractivity (Wildman–Crippen MR) is 42.9 cm³/mol. The van der Waals surface area contributed by atoms with Crippen LogP contribution in [0, 0.1) is 0 Å². The molecule has 4 fully saturated rings. The molecule has 2 nitrogen and oxygen atoms in total. The molecule has 0 amide bonds. The fourth-order valence-corrected chi connectivity index (χ4v) is 3.73. The fraction of sp³-hybridized carbons (Fsp3) is 1.00. The van der Waals surface area contributed by atoms with Crippen LogP contribution in [0.15, 0.2) is 0 Å². The number of fused-ring (bicyclic) bond motifs is 3. The van der Waals surface area contributed by atoms with Gasteiger partial charge in [-0.15, -0.1) is 0 Å². The van der Waals surface area contributed by atoms with Crippen molar-refractivity contribution in [3.05, 3.63) is 0 Å². The van der Waals surface area contributed by atoms with E-state index in [1.807, 2.05) is 0 Å². The Morgan fingerprint density at radius 2 is 1.33 bits per heavy atom. The van der Waals surface area contributed by atoms with Crippen LogP contribution in [0.1, 0.15) is 38.5 Å². The molecule has 0 N–H and O–H groups in total. The van der Waals surface area contributed by atoms with E-state index in [2.05, 4.69) is 0 Å². The molecule has 2 aliphatic heterocycles. The zero-order valence-corrected chi connectivity index (χ0v) is 7.21. The van der Waals surface area contributed by atoms with E-state index in [1.165, 1.54) is 38.5 Å². The van der Waals surface area contributed by atoms with Gasteiger partial charge < -0.3 is 9.47 Å². The van der Waals surface area contributed by atoms with E-state index in [0.29, 0.717) is 12.2 Å². The van der Waals surface area contributed by atoms with E-state index in [9.17, 15) is 0 Å². The van der Waals surface area contributed by atoms with Crippen LogP contribution in [0.3, 0.4) is 0 Å². The zero-order valence-electron chi connectivity index (χ0n) is 7.21. The summed E-state index contributed by atoms with van der Waals surface area (Å²) in [6.07, 6.45) is 9.02. The van der Waals surface area contributed by atoms with E-state index in [0.717, 1.165) is 0 Å². The highest BCUT2D eigenvalue weighted by atomic mass is 16.7. The average Bonchev–Trinajstić information content (AvgIpc) is 2.91. The molecule has 0 radical (unpaired) electrons. The Balaban J connectivity index is 1.73. The minimum absolute atomic E-state index is 0.230. The summed E-state index contributed by atoms with van der Waals surface area (Å²) in [5.74, 6) is 0. The van der Waals surface area contributed by atoms with Crippen LogP contribution in [0.5, 0.6) is 0 Å². The van der Waals surface area contributed by atoms with Crippen LogP contribution < -0.4 is 0 Å². The number of rotatable bonds is 1. The SMILES string of the molecule is C1CC2OC2(C23CCCC2O3)C1. The maximum Gasteiger partial charge on any atom is 0.126 e. The van der Waals surface area contributed by atoms with Gasteiger partial charge in [-0.1, -0.05) is 0 Å². The maximum atomic E-state index is 5.84. The Labute approximate surface area is 72.2 Å². The van der Waals surface area contributed by atoms with Crippen LogP contribution in [0.4, 0.5) is 0 Å². The third kappa shape index (κ3) is 0.471. The topological polar surface area (TPSA) is 25.1 Å². The number of ether oxygens (including phenoxy) is 2. The average molecular weight is 166 g/mol. The van der Waals surface area contributed by atoms with Gasteiger partial charge in [0.1, 0.15) is 11.2 Å². The second-order valence-electron chi connectivity index (χ2n) is 4.78. The molecule has 4 unspecified atom stereocenters. The molecular weight excluding hydrogens is 152 g/mol. The van der Waals surface area contributed by atoms with Crippen LogP contribution in [0.2, 0.25) is 0 Å². The Morgan fingerprint density at radius 3 is 1.58 bits per heavy atom. The van der Waals surface area contributed by atoms with Gasteiger partial charge in [0.15, 0.2) is 0 Å². The van der Waals surface area contributed by atoms with Crippen molar-refractivity contribution in [1.82, 2.24) is 0 Å². The lowest BCUT2D eigenvalue weighted by atomic mass is 9.88. The van der Waals surface area contributed by atoms with Gasteiger partial charge in [0.2, 0.25) is 0 Å². The molecule has 4 aliphatic rings. The first-order valence-corrected chi connectivity index (χ1v) is 5.23. The number of epoxide rings is 2. The summed E-state index contributed by atoms with van der Waals surface area (Å²) >= 11 is 0. The molecule has 4 atom stereocenters. The lowest BCUT2D eigenvalue weighted by Crippen LogP contribution is -2.33. The van der Waals surface area contributed by atoms with Crippen LogP contribution in [-0.2, 0) is 9.47 Å². The highest BCUT2D eigenvalue weighted by Gasteiger charge is 2.81. The third-order valence-electron chi connectivity index (χ3n) is 4.38. The number of hydrogen-bond donors (Lipinski definition) is 0. The molecule has 0 spiro atoms. The lowest BCUT2D eigenvalue weighted by Gasteiger charge is -2.15. The van der Waals surface area contributed by atoms with Crippen LogP contribution in [0.25, 0.3) is 0 Å². The minimum Gasteiger partial charge on any atom is -0.363 e. The molecule has 0 aromatic heterocycles. The summed E-state index contributed by atoms with van der Waals surface area (Å²) in [6.45, 7) is 0. The molecule has 12 heavy (non-hydrogen) atoms. The molecule has 2 saturated carbocycles. The summed E-state index contributed by atoms with van der Waals surface area (Å²) < 4.78 is 11.7. The van der Waals surface area contributed by atoms with E-state index in [4.69, 9.17) is 9.47 Å². The Bertz CT molecular complexity index is 226. The normalized spacial score (nSPS) is 66.0. The van der Waals surface area contributed by atoms with Crippen molar-refractivity contribution in [3.8, 4) is 0 Å². The first-order chi connectivity index (χ1) is 5.87. The van der Waals surface area contributed by atoms with Crippen molar-refractivity contribution in [1.29, 1.82) is 0 Å². The molecular formula is C10H14O2. The van der Waals surface area contributed by atoms with Gasteiger partial charge in [-0.2, -0.15) is 0 Å². The van der Waals surface area contributed by atoms with Gasteiger partial charge in [0.25, 0.3) is 0 Å². The predicted octanol–water partition coefficient (Wildman–Crippen LogP) is 1.63. The van der Waals surface area contributed by atoms with E-state index >= 15 is 0 Å². The minimum atomic E-state index is 0.230. The van der Waals surface area contributed by atoms with Gasteiger partial charge >= 0.3 is 0 Å².